The summed E-state index contributed by atoms with van der Waals surface area (Å²) in [5.74, 6) is 0.726. The van der Waals surface area contributed by atoms with E-state index in [2.05, 4.69) is 94.9 Å². The first-order valence-corrected chi connectivity index (χ1v) is 16.3. The second-order valence-electron chi connectivity index (χ2n) is 12.1. The summed E-state index contributed by atoms with van der Waals surface area (Å²) in [5, 5.41) is 3.90. The molecule has 1 saturated carbocycles. The van der Waals surface area contributed by atoms with Gasteiger partial charge in [0.15, 0.2) is 0 Å². The van der Waals surface area contributed by atoms with Crippen molar-refractivity contribution in [3.63, 3.8) is 0 Å². The van der Waals surface area contributed by atoms with Gasteiger partial charge in [-0.1, -0.05) is 76.6 Å². The molecular formula is C37H44N4O2. The summed E-state index contributed by atoms with van der Waals surface area (Å²) in [6.07, 6.45) is 4.59. The second-order valence-corrected chi connectivity index (χ2v) is 12.1. The maximum atomic E-state index is 5.76. The van der Waals surface area contributed by atoms with Crippen LogP contribution in [0.4, 0.5) is 11.4 Å². The predicted molar refractivity (Wildman–Crippen MR) is 179 cm³/mol. The molecule has 6 nitrogen and oxygen atoms in total. The van der Waals surface area contributed by atoms with Crippen LogP contribution in [-0.4, -0.2) is 62.0 Å². The number of imidazole rings is 1. The number of hydrogen-bond donors (Lipinski definition) is 0. The molecule has 2 atom stereocenters. The normalized spacial score (nSPS) is 22.2. The largest absolute Gasteiger partial charge is 0.378 e. The lowest BCUT2D eigenvalue weighted by molar-refractivity contribution is 0.122. The zero-order chi connectivity index (χ0) is 29.6. The third kappa shape index (κ3) is 4.58. The molecule has 224 valence electrons. The van der Waals surface area contributed by atoms with E-state index >= 15 is 0 Å². The lowest BCUT2D eigenvalue weighted by atomic mass is 9.89. The zero-order valence-corrected chi connectivity index (χ0v) is 26.1. The first-order valence-electron chi connectivity index (χ1n) is 16.3. The molecule has 0 spiro atoms. The van der Waals surface area contributed by atoms with E-state index in [1.165, 1.54) is 57.0 Å². The number of morpholine rings is 2. The monoisotopic (exact) mass is 576 g/mol. The molecule has 0 bridgehead atoms. The third-order valence-electron chi connectivity index (χ3n) is 9.98. The Morgan fingerprint density at radius 3 is 2.02 bits per heavy atom. The smallest absolute Gasteiger partial charge is 0.145 e. The molecule has 0 N–H and O–H groups in total. The standard InChI is InChI=1S/C35H38N4O2.C2H6/c1-3-24-22-35(24,2)27-10-6-9-26-25-8-4-5-11-28(25)39-31(23-36-34(39)32(26)27)33-29(37-14-18-40-19-15-37)12-7-13-30(33)38-16-20-41-21-17-38;1-2/h4-13,23-24H,3,14-22H2,1-2H3;1-2H3. The van der Waals surface area contributed by atoms with Gasteiger partial charge in [0.05, 0.1) is 43.8 Å². The summed E-state index contributed by atoms with van der Waals surface area (Å²) in [6, 6.07) is 22.6. The molecule has 1 aliphatic carbocycles. The van der Waals surface area contributed by atoms with E-state index in [0.29, 0.717) is 0 Å². The summed E-state index contributed by atoms with van der Waals surface area (Å²) >= 11 is 0. The highest BCUT2D eigenvalue weighted by molar-refractivity contribution is 6.14. The van der Waals surface area contributed by atoms with Crippen LogP contribution in [0.15, 0.2) is 66.9 Å². The van der Waals surface area contributed by atoms with Crippen molar-refractivity contribution in [3.8, 4) is 11.3 Å². The molecule has 4 heterocycles. The molecule has 3 fully saturated rings. The van der Waals surface area contributed by atoms with Crippen LogP contribution in [0.25, 0.3) is 38.6 Å². The van der Waals surface area contributed by atoms with E-state index in [1.54, 1.807) is 0 Å². The summed E-state index contributed by atoms with van der Waals surface area (Å²) in [6.45, 7) is 15.4. The van der Waals surface area contributed by atoms with Crippen LogP contribution in [0.1, 0.15) is 46.1 Å². The third-order valence-corrected chi connectivity index (χ3v) is 9.98. The summed E-state index contributed by atoms with van der Waals surface area (Å²) < 4.78 is 14.0. The van der Waals surface area contributed by atoms with E-state index in [0.717, 1.165) is 69.9 Å². The van der Waals surface area contributed by atoms with Gasteiger partial charge in [-0.15, -0.1) is 0 Å². The van der Waals surface area contributed by atoms with Crippen molar-refractivity contribution < 1.29 is 9.47 Å². The van der Waals surface area contributed by atoms with Crippen molar-refractivity contribution in [1.29, 1.82) is 0 Å². The van der Waals surface area contributed by atoms with Gasteiger partial charge in [0, 0.05) is 53.9 Å². The number of para-hydroxylation sites is 1. The topological polar surface area (TPSA) is 42.2 Å². The minimum absolute atomic E-state index is 0.202. The van der Waals surface area contributed by atoms with Crippen molar-refractivity contribution in [2.24, 2.45) is 5.92 Å². The molecule has 3 aliphatic rings. The van der Waals surface area contributed by atoms with Crippen LogP contribution < -0.4 is 9.80 Å². The van der Waals surface area contributed by atoms with Gasteiger partial charge in [0.1, 0.15) is 5.65 Å². The number of pyridine rings is 1. The van der Waals surface area contributed by atoms with E-state index in [9.17, 15) is 0 Å². The van der Waals surface area contributed by atoms with Crippen LogP contribution in [-0.2, 0) is 14.9 Å². The Morgan fingerprint density at radius 2 is 1.40 bits per heavy atom. The Kier molecular flexibility index (Phi) is 7.52. The molecule has 2 aliphatic heterocycles. The number of aromatic nitrogens is 2. The molecule has 8 rings (SSSR count). The van der Waals surface area contributed by atoms with E-state index < -0.39 is 0 Å². The van der Waals surface area contributed by atoms with E-state index in [-0.39, 0.29) is 5.41 Å². The van der Waals surface area contributed by atoms with Gasteiger partial charge in [-0.2, -0.15) is 0 Å². The molecule has 0 amide bonds. The Balaban J connectivity index is 0.00000147. The van der Waals surface area contributed by atoms with Crippen LogP contribution in [0.3, 0.4) is 0 Å². The van der Waals surface area contributed by atoms with Crippen LogP contribution in [0.2, 0.25) is 0 Å². The van der Waals surface area contributed by atoms with Crippen LogP contribution in [0, 0.1) is 5.92 Å². The van der Waals surface area contributed by atoms with E-state index in [1.807, 2.05) is 13.8 Å². The average molecular weight is 577 g/mol. The maximum absolute atomic E-state index is 5.76. The number of fused-ring (bicyclic) bond motifs is 6. The summed E-state index contributed by atoms with van der Waals surface area (Å²) in [7, 11) is 0. The van der Waals surface area contributed by atoms with Gasteiger partial charge >= 0.3 is 0 Å². The SMILES string of the molecule is CC.CCC1CC1(C)c1cccc2c3ccccc3n3c(-c4c(N5CCOCC5)cccc4N4CCOCC4)cnc3c12. The van der Waals surface area contributed by atoms with Gasteiger partial charge in [0.25, 0.3) is 0 Å². The summed E-state index contributed by atoms with van der Waals surface area (Å²) in [5.41, 5.74) is 8.86. The Morgan fingerprint density at radius 1 is 0.791 bits per heavy atom. The predicted octanol–water partition coefficient (Wildman–Crippen LogP) is 7.69. The summed E-state index contributed by atoms with van der Waals surface area (Å²) in [4.78, 5) is 10.3. The molecule has 3 aromatic carbocycles. The number of nitrogens with zero attached hydrogens (tertiary/aromatic N) is 4. The van der Waals surface area contributed by atoms with Gasteiger partial charge in [-0.25, -0.2) is 4.98 Å². The first-order chi connectivity index (χ1) is 21.2. The molecule has 2 unspecified atom stereocenters. The Labute approximate surface area is 255 Å². The molecule has 43 heavy (non-hydrogen) atoms. The van der Waals surface area contributed by atoms with Gasteiger partial charge in [-0.3, -0.25) is 4.40 Å². The maximum Gasteiger partial charge on any atom is 0.145 e. The Hall–Kier alpha value is -3.61. The lowest BCUT2D eigenvalue weighted by Gasteiger charge is -2.35. The van der Waals surface area contributed by atoms with Gasteiger partial charge in [-0.05, 0) is 46.9 Å². The van der Waals surface area contributed by atoms with Gasteiger partial charge in [0.2, 0.25) is 0 Å². The molecule has 6 heteroatoms. The number of hydrogen-bond acceptors (Lipinski definition) is 5. The minimum Gasteiger partial charge on any atom is -0.378 e. The molecule has 5 aromatic rings. The van der Waals surface area contributed by atoms with E-state index in [4.69, 9.17) is 14.5 Å². The highest BCUT2D eigenvalue weighted by atomic mass is 16.5. The Bertz CT molecular complexity index is 1730. The first kappa shape index (κ1) is 28.2. The second kappa shape index (κ2) is 11.5. The fourth-order valence-electron chi connectivity index (χ4n) is 7.64. The quantitative estimate of drug-likeness (QED) is 0.201. The van der Waals surface area contributed by atoms with Crippen molar-refractivity contribution in [2.45, 2.75) is 46.0 Å². The molecular weight excluding hydrogens is 532 g/mol. The van der Waals surface area contributed by atoms with Crippen molar-refractivity contribution >= 4 is 38.7 Å². The fourth-order valence-corrected chi connectivity index (χ4v) is 7.64. The fraction of sp³-hybridized carbons (Fsp3) is 0.432. The van der Waals surface area contributed by atoms with Crippen molar-refractivity contribution in [1.82, 2.24) is 9.38 Å². The average Bonchev–Trinajstić information content (AvgIpc) is 3.57. The number of anilines is 2. The molecule has 2 aromatic heterocycles. The number of rotatable bonds is 5. The lowest BCUT2D eigenvalue weighted by Crippen LogP contribution is -2.38. The highest BCUT2D eigenvalue weighted by Gasteiger charge is 2.50. The van der Waals surface area contributed by atoms with Crippen LogP contribution >= 0.6 is 0 Å². The van der Waals surface area contributed by atoms with Gasteiger partial charge < -0.3 is 19.3 Å². The van der Waals surface area contributed by atoms with Crippen LogP contribution in [0.5, 0.6) is 0 Å². The zero-order valence-electron chi connectivity index (χ0n) is 26.1. The molecule has 2 saturated heterocycles. The molecule has 0 radical (unpaired) electrons. The van der Waals surface area contributed by atoms with Crippen molar-refractivity contribution in [2.75, 3.05) is 62.4 Å². The minimum atomic E-state index is 0.202. The highest BCUT2D eigenvalue weighted by Crippen LogP contribution is 2.58. The number of ether oxygens (including phenoxy) is 2. The number of benzene rings is 3. The van der Waals surface area contributed by atoms with Crippen molar-refractivity contribution in [3.05, 3.63) is 72.4 Å².